The Labute approximate surface area is 121 Å². The van der Waals surface area contributed by atoms with E-state index in [9.17, 15) is 12.8 Å². The summed E-state index contributed by atoms with van der Waals surface area (Å²) in [6.45, 7) is 3.44. The first kappa shape index (κ1) is 14.8. The van der Waals surface area contributed by atoms with Crippen LogP contribution >= 0.6 is 11.6 Å². The van der Waals surface area contributed by atoms with Gasteiger partial charge in [0.1, 0.15) is 5.82 Å². The number of aromatic nitrogens is 2. The van der Waals surface area contributed by atoms with Crippen LogP contribution in [0.1, 0.15) is 11.4 Å². The maximum Gasteiger partial charge on any atom is 0.262 e. The molecule has 0 spiro atoms. The molecule has 0 aliphatic carbocycles. The molecule has 1 aromatic heterocycles. The van der Waals surface area contributed by atoms with Gasteiger partial charge >= 0.3 is 0 Å². The molecule has 20 heavy (non-hydrogen) atoms. The molecule has 1 heterocycles. The molecule has 0 atom stereocenters. The predicted octanol–water partition coefficient (Wildman–Crippen LogP) is 2.63. The van der Waals surface area contributed by atoms with Gasteiger partial charge in [-0.3, -0.25) is 9.40 Å². The van der Waals surface area contributed by atoms with Crippen LogP contribution in [0.5, 0.6) is 0 Å². The van der Waals surface area contributed by atoms with Crippen LogP contribution in [0, 0.1) is 19.7 Å². The molecule has 0 aliphatic rings. The summed E-state index contributed by atoms with van der Waals surface area (Å²) in [5.74, 6) is -0.667. The van der Waals surface area contributed by atoms with Crippen LogP contribution in [0.3, 0.4) is 0 Å². The highest BCUT2D eigenvalue weighted by Crippen LogP contribution is 2.25. The van der Waals surface area contributed by atoms with E-state index in [-0.39, 0.29) is 9.92 Å². The van der Waals surface area contributed by atoms with Crippen molar-refractivity contribution in [1.29, 1.82) is 0 Å². The Morgan fingerprint density at radius 3 is 2.50 bits per heavy atom. The Bertz CT molecular complexity index is 771. The van der Waals surface area contributed by atoms with Gasteiger partial charge in [-0.05, 0) is 32.0 Å². The SMILES string of the molecule is Cc1nn(C)c(C)c1NS(=O)(=O)c1ccc(F)c(Cl)c1. The standard InChI is InChI=1S/C12H13ClFN3O2S/c1-7-12(8(2)17(3)15-7)16-20(18,19)9-4-5-11(14)10(13)6-9/h4-6,16H,1-3H3. The van der Waals surface area contributed by atoms with E-state index >= 15 is 0 Å². The zero-order chi connectivity index (χ0) is 15.1. The van der Waals surface area contributed by atoms with Gasteiger partial charge in [0.2, 0.25) is 0 Å². The normalized spacial score (nSPS) is 11.7. The van der Waals surface area contributed by atoms with Crippen molar-refractivity contribution in [1.82, 2.24) is 9.78 Å². The molecule has 2 aromatic rings. The second-order valence-electron chi connectivity index (χ2n) is 4.35. The van der Waals surface area contributed by atoms with E-state index in [4.69, 9.17) is 11.6 Å². The topological polar surface area (TPSA) is 64.0 Å². The molecule has 8 heteroatoms. The molecule has 108 valence electrons. The lowest BCUT2D eigenvalue weighted by Gasteiger charge is -2.09. The van der Waals surface area contributed by atoms with E-state index in [1.165, 1.54) is 0 Å². The summed E-state index contributed by atoms with van der Waals surface area (Å²) in [7, 11) is -2.12. The summed E-state index contributed by atoms with van der Waals surface area (Å²) in [5.41, 5.74) is 1.65. The minimum atomic E-state index is -3.84. The fraction of sp³-hybridized carbons (Fsp3) is 0.250. The van der Waals surface area contributed by atoms with Gasteiger partial charge in [0.15, 0.2) is 0 Å². The van der Waals surface area contributed by atoms with Crippen molar-refractivity contribution in [2.45, 2.75) is 18.7 Å². The number of benzene rings is 1. The third-order valence-electron chi connectivity index (χ3n) is 2.95. The lowest BCUT2D eigenvalue weighted by Crippen LogP contribution is -2.14. The quantitative estimate of drug-likeness (QED) is 0.946. The molecule has 0 unspecified atom stereocenters. The van der Waals surface area contributed by atoms with Crippen LogP contribution < -0.4 is 4.72 Å². The Morgan fingerprint density at radius 1 is 1.35 bits per heavy atom. The summed E-state index contributed by atoms with van der Waals surface area (Å²) < 4.78 is 41.6. The van der Waals surface area contributed by atoms with E-state index in [2.05, 4.69) is 9.82 Å². The summed E-state index contributed by atoms with van der Waals surface area (Å²) in [6.07, 6.45) is 0. The van der Waals surface area contributed by atoms with Crippen molar-refractivity contribution in [2.75, 3.05) is 4.72 Å². The first-order valence-electron chi connectivity index (χ1n) is 5.70. The Balaban J connectivity index is 2.43. The second-order valence-corrected chi connectivity index (χ2v) is 6.44. The molecule has 5 nitrogen and oxygen atoms in total. The molecule has 0 aliphatic heterocycles. The molecular formula is C12H13ClFN3O2S. The van der Waals surface area contributed by atoms with Crippen LogP contribution in [0.4, 0.5) is 10.1 Å². The maximum absolute atomic E-state index is 13.1. The zero-order valence-electron chi connectivity index (χ0n) is 11.1. The Kier molecular flexibility index (Phi) is 3.75. The number of nitrogens with one attached hydrogen (secondary N) is 1. The van der Waals surface area contributed by atoms with E-state index < -0.39 is 15.8 Å². The van der Waals surface area contributed by atoms with Crippen molar-refractivity contribution < 1.29 is 12.8 Å². The number of rotatable bonds is 3. The molecule has 0 radical (unpaired) electrons. The molecule has 0 bridgehead atoms. The van der Waals surface area contributed by atoms with E-state index in [1.54, 1.807) is 25.6 Å². The number of anilines is 1. The van der Waals surface area contributed by atoms with Crippen molar-refractivity contribution >= 4 is 27.3 Å². The van der Waals surface area contributed by atoms with Gasteiger partial charge in [0, 0.05) is 7.05 Å². The van der Waals surface area contributed by atoms with Crippen molar-refractivity contribution in [2.24, 2.45) is 7.05 Å². The van der Waals surface area contributed by atoms with Crippen LogP contribution in [-0.4, -0.2) is 18.2 Å². The number of aryl methyl sites for hydroxylation is 2. The van der Waals surface area contributed by atoms with E-state index in [1.807, 2.05) is 0 Å². The molecule has 1 aromatic carbocycles. The summed E-state index contributed by atoms with van der Waals surface area (Å²) in [4.78, 5) is -0.105. The smallest absolute Gasteiger partial charge is 0.262 e. The van der Waals surface area contributed by atoms with Gasteiger partial charge in [-0.25, -0.2) is 12.8 Å². The lowest BCUT2D eigenvalue weighted by atomic mass is 10.3. The van der Waals surface area contributed by atoms with Gasteiger partial charge in [-0.2, -0.15) is 5.10 Å². The molecule has 0 fully saturated rings. The van der Waals surface area contributed by atoms with Crippen LogP contribution in [0.25, 0.3) is 0 Å². The fourth-order valence-electron chi connectivity index (χ4n) is 1.76. The van der Waals surface area contributed by atoms with Crippen molar-refractivity contribution in [3.63, 3.8) is 0 Å². The van der Waals surface area contributed by atoms with Gasteiger partial charge < -0.3 is 0 Å². The van der Waals surface area contributed by atoms with E-state index in [0.717, 1.165) is 18.2 Å². The summed E-state index contributed by atoms with van der Waals surface area (Å²) >= 11 is 5.61. The van der Waals surface area contributed by atoms with Gasteiger partial charge in [-0.15, -0.1) is 0 Å². The molecule has 1 N–H and O–H groups in total. The highest BCUT2D eigenvalue weighted by molar-refractivity contribution is 7.92. The highest BCUT2D eigenvalue weighted by atomic mass is 35.5. The van der Waals surface area contributed by atoms with Crippen LogP contribution in [0.2, 0.25) is 5.02 Å². The maximum atomic E-state index is 13.1. The molecule has 0 saturated carbocycles. The van der Waals surface area contributed by atoms with Gasteiger partial charge in [-0.1, -0.05) is 11.6 Å². The number of halogens is 2. The third-order valence-corrected chi connectivity index (χ3v) is 4.58. The lowest BCUT2D eigenvalue weighted by molar-refractivity contribution is 0.599. The van der Waals surface area contributed by atoms with Crippen molar-refractivity contribution in [3.8, 4) is 0 Å². The average Bonchev–Trinajstić information content (AvgIpc) is 2.59. The second kappa shape index (κ2) is 5.06. The molecule has 0 saturated heterocycles. The zero-order valence-corrected chi connectivity index (χ0v) is 12.7. The Hall–Kier alpha value is -1.60. The summed E-state index contributed by atoms with van der Waals surface area (Å²) in [5, 5.41) is 3.88. The van der Waals surface area contributed by atoms with Gasteiger partial charge in [0.25, 0.3) is 10.0 Å². The van der Waals surface area contributed by atoms with Crippen molar-refractivity contribution in [3.05, 3.63) is 40.4 Å². The van der Waals surface area contributed by atoms with Gasteiger partial charge in [0.05, 0.1) is 27.0 Å². The number of nitrogens with zero attached hydrogens (tertiary/aromatic N) is 2. The highest BCUT2D eigenvalue weighted by Gasteiger charge is 2.20. The number of hydrogen-bond acceptors (Lipinski definition) is 3. The first-order chi connectivity index (χ1) is 9.22. The number of sulfonamides is 1. The average molecular weight is 318 g/mol. The predicted molar refractivity (Wildman–Crippen MR) is 74.9 cm³/mol. The number of hydrogen-bond donors (Lipinski definition) is 1. The van der Waals surface area contributed by atoms with Crippen LogP contribution in [0.15, 0.2) is 23.1 Å². The van der Waals surface area contributed by atoms with E-state index in [0.29, 0.717) is 17.1 Å². The fourth-order valence-corrected chi connectivity index (χ4v) is 3.21. The molecular weight excluding hydrogens is 305 g/mol. The monoisotopic (exact) mass is 317 g/mol. The van der Waals surface area contributed by atoms with Crippen LogP contribution in [-0.2, 0) is 17.1 Å². The minimum Gasteiger partial charge on any atom is -0.276 e. The third kappa shape index (κ3) is 2.64. The first-order valence-corrected chi connectivity index (χ1v) is 7.56. The molecule has 0 amide bonds. The minimum absolute atomic E-state index is 0.105. The largest absolute Gasteiger partial charge is 0.276 e. The Morgan fingerprint density at radius 2 is 2.00 bits per heavy atom. The molecule has 2 rings (SSSR count). The summed E-state index contributed by atoms with van der Waals surface area (Å²) in [6, 6.07) is 3.24.